The molecule has 2 saturated carbocycles. The number of nitrogens with zero attached hydrogens (tertiary/aromatic N) is 1. The second-order valence-electron chi connectivity index (χ2n) is 8.10. The molecule has 1 aromatic carbocycles. The molecule has 2 N–H and O–H groups in total. The van der Waals surface area contributed by atoms with Crippen LogP contribution in [0.15, 0.2) is 29.4 Å². The van der Waals surface area contributed by atoms with Gasteiger partial charge in [0.05, 0.1) is 0 Å². The molecule has 3 rings (SSSR count). The maximum atomic E-state index is 12.0. The van der Waals surface area contributed by atoms with Crippen molar-refractivity contribution in [3.8, 4) is 0 Å². The minimum atomic E-state index is -0.219. The Bertz CT molecular complexity index is 742. The number of amides is 2. The lowest BCUT2D eigenvalue weighted by Crippen LogP contribution is -2.34. The molecule has 0 spiro atoms. The highest BCUT2D eigenvalue weighted by molar-refractivity contribution is 6.30. The maximum absolute atomic E-state index is 12.0. The van der Waals surface area contributed by atoms with Crippen LogP contribution < -0.4 is 10.7 Å². The van der Waals surface area contributed by atoms with Crippen LogP contribution in [0.3, 0.4) is 0 Å². The smallest absolute Gasteiger partial charge is 0.251 e. The van der Waals surface area contributed by atoms with Gasteiger partial charge in [-0.15, -0.1) is 0 Å². The van der Waals surface area contributed by atoms with Gasteiger partial charge in [-0.3, -0.25) is 9.59 Å². The van der Waals surface area contributed by atoms with Crippen molar-refractivity contribution in [1.82, 2.24) is 10.7 Å². The lowest BCUT2D eigenvalue weighted by Gasteiger charge is -2.34. The molecular weight excluding hydrogens is 350 g/mol. The molecule has 2 fully saturated rings. The van der Waals surface area contributed by atoms with Crippen molar-refractivity contribution in [2.45, 2.75) is 46.5 Å². The van der Waals surface area contributed by atoms with Gasteiger partial charge in [-0.25, -0.2) is 5.43 Å². The van der Waals surface area contributed by atoms with E-state index >= 15 is 0 Å². The molecule has 0 unspecified atom stereocenters. The highest BCUT2D eigenvalue weighted by atomic mass is 35.5. The zero-order valence-electron chi connectivity index (χ0n) is 15.6. The second-order valence-corrected chi connectivity index (χ2v) is 8.54. The molecule has 0 aliphatic heterocycles. The Hall–Kier alpha value is -1.88. The van der Waals surface area contributed by atoms with Crippen molar-refractivity contribution in [3.63, 3.8) is 0 Å². The van der Waals surface area contributed by atoms with E-state index in [1.807, 2.05) is 0 Å². The van der Waals surface area contributed by atoms with Gasteiger partial charge in [-0.1, -0.05) is 32.4 Å². The van der Waals surface area contributed by atoms with Crippen LogP contribution >= 0.6 is 11.6 Å². The maximum Gasteiger partial charge on any atom is 0.251 e. The molecule has 5 nitrogen and oxygen atoms in total. The van der Waals surface area contributed by atoms with Crippen molar-refractivity contribution in [2.24, 2.45) is 21.8 Å². The van der Waals surface area contributed by atoms with E-state index in [4.69, 9.17) is 11.6 Å². The molecule has 2 bridgehead atoms. The van der Waals surface area contributed by atoms with E-state index in [0.29, 0.717) is 16.5 Å². The van der Waals surface area contributed by atoms with E-state index < -0.39 is 0 Å². The first-order chi connectivity index (χ1) is 12.2. The molecule has 2 aliphatic rings. The Balaban J connectivity index is 1.47. The number of hydrazone groups is 1. The molecule has 6 heteroatoms. The zero-order valence-corrected chi connectivity index (χ0v) is 16.3. The summed E-state index contributed by atoms with van der Waals surface area (Å²) in [5.41, 5.74) is 4.62. The predicted molar refractivity (Wildman–Crippen MR) is 103 cm³/mol. The van der Waals surface area contributed by atoms with Gasteiger partial charge in [0.15, 0.2) is 0 Å². The second kappa shape index (κ2) is 7.03. The lowest BCUT2D eigenvalue weighted by atomic mass is 9.70. The zero-order chi connectivity index (χ0) is 18.9. The van der Waals surface area contributed by atoms with Crippen molar-refractivity contribution < 1.29 is 9.59 Å². The fraction of sp³-hybridized carbons (Fsp3) is 0.550. The number of benzene rings is 1. The summed E-state index contributed by atoms with van der Waals surface area (Å²) in [7, 11) is 0. The minimum Gasteiger partial charge on any atom is -0.352 e. The largest absolute Gasteiger partial charge is 0.352 e. The first kappa shape index (κ1) is 18.9. The normalized spacial score (nSPS) is 27.5. The van der Waals surface area contributed by atoms with Crippen LogP contribution in [0.2, 0.25) is 5.02 Å². The van der Waals surface area contributed by atoms with E-state index in [-0.39, 0.29) is 35.6 Å². The van der Waals surface area contributed by atoms with Gasteiger partial charge in [0.1, 0.15) is 0 Å². The number of hydrogen-bond acceptors (Lipinski definition) is 3. The fourth-order valence-electron chi connectivity index (χ4n) is 4.28. The quantitative estimate of drug-likeness (QED) is 0.769. The average molecular weight is 376 g/mol. The van der Waals surface area contributed by atoms with Crippen molar-refractivity contribution in [3.05, 3.63) is 34.9 Å². The number of carbonyl (C=O) groups excluding carboxylic acids is 2. The van der Waals surface area contributed by atoms with Crippen molar-refractivity contribution in [2.75, 3.05) is 6.54 Å². The van der Waals surface area contributed by atoms with Crippen LogP contribution in [0.25, 0.3) is 0 Å². The van der Waals surface area contributed by atoms with E-state index in [9.17, 15) is 9.59 Å². The van der Waals surface area contributed by atoms with Crippen LogP contribution in [0.4, 0.5) is 0 Å². The molecule has 2 aliphatic carbocycles. The number of fused-ring (bicyclic) bond motifs is 2. The summed E-state index contributed by atoms with van der Waals surface area (Å²) in [6.45, 7) is 7.14. The van der Waals surface area contributed by atoms with Gasteiger partial charge in [0, 0.05) is 34.7 Å². The Morgan fingerprint density at radius 1 is 1.23 bits per heavy atom. The van der Waals surface area contributed by atoms with Gasteiger partial charge in [0.2, 0.25) is 5.91 Å². The Morgan fingerprint density at radius 3 is 2.50 bits per heavy atom. The molecule has 0 radical (unpaired) electrons. The molecular formula is C20H26ClN3O2. The lowest BCUT2D eigenvalue weighted by molar-refractivity contribution is -0.120. The summed E-state index contributed by atoms with van der Waals surface area (Å²) in [6, 6.07) is 6.63. The number of nitrogens with one attached hydrogen (secondary N) is 2. The molecule has 2 atom stereocenters. The monoisotopic (exact) mass is 375 g/mol. The highest BCUT2D eigenvalue weighted by Gasteiger charge is 2.59. The topological polar surface area (TPSA) is 70.6 Å². The average Bonchev–Trinajstić information content (AvgIpc) is 2.93. The van der Waals surface area contributed by atoms with Gasteiger partial charge in [-0.2, -0.15) is 5.10 Å². The third-order valence-corrected chi connectivity index (χ3v) is 6.82. The molecule has 0 aromatic heterocycles. The van der Waals surface area contributed by atoms with Crippen molar-refractivity contribution >= 4 is 29.1 Å². The summed E-state index contributed by atoms with van der Waals surface area (Å²) >= 11 is 5.80. The van der Waals surface area contributed by atoms with E-state index in [0.717, 1.165) is 18.6 Å². The van der Waals surface area contributed by atoms with Gasteiger partial charge < -0.3 is 5.32 Å². The first-order valence-electron chi connectivity index (χ1n) is 9.14. The third-order valence-electron chi connectivity index (χ3n) is 6.57. The van der Waals surface area contributed by atoms with Gasteiger partial charge in [-0.05, 0) is 54.9 Å². The molecule has 0 saturated heterocycles. The Morgan fingerprint density at radius 2 is 1.92 bits per heavy atom. The SMILES string of the molecule is CC1(C)[C@@H]2CC[C@]1(C)/C(=N/NC(=O)CCNC(=O)c1ccc(Cl)cc1)C2. The third kappa shape index (κ3) is 3.37. The summed E-state index contributed by atoms with van der Waals surface area (Å²) < 4.78 is 0. The van der Waals surface area contributed by atoms with Gasteiger partial charge in [0.25, 0.3) is 5.91 Å². The summed E-state index contributed by atoms with van der Waals surface area (Å²) in [4.78, 5) is 24.0. The van der Waals surface area contributed by atoms with Crippen LogP contribution in [0, 0.1) is 16.7 Å². The molecule has 140 valence electrons. The standard InChI is InChI=1S/C20H26ClN3O2/c1-19(2)14-8-10-20(19,3)16(12-14)23-24-17(25)9-11-22-18(26)13-4-6-15(21)7-5-13/h4-7,14H,8-12H2,1-3H3,(H,22,26)(H,24,25)/b23-16+/t14-,20-/m1/s1. The number of hydrogen-bond donors (Lipinski definition) is 2. The van der Waals surface area contributed by atoms with E-state index in [2.05, 4.69) is 36.6 Å². The van der Waals surface area contributed by atoms with Crippen LogP contribution in [0.1, 0.15) is 56.8 Å². The van der Waals surface area contributed by atoms with Gasteiger partial charge >= 0.3 is 0 Å². The number of halogens is 1. The molecule has 2 amide bonds. The van der Waals surface area contributed by atoms with Crippen LogP contribution in [-0.4, -0.2) is 24.1 Å². The Kier molecular flexibility index (Phi) is 5.11. The molecule has 26 heavy (non-hydrogen) atoms. The minimum absolute atomic E-state index is 0.0771. The predicted octanol–water partition coefficient (Wildman–Crippen LogP) is 3.78. The Labute approximate surface area is 159 Å². The molecule has 0 heterocycles. The summed E-state index contributed by atoms with van der Waals surface area (Å²) in [6.07, 6.45) is 3.54. The van der Waals surface area contributed by atoms with Crippen molar-refractivity contribution in [1.29, 1.82) is 0 Å². The number of rotatable bonds is 5. The number of carbonyl (C=O) groups is 2. The fourth-order valence-corrected chi connectivity index (χ4v) is 4.40. The first-order valence-corrected chi connectivity index (χ1v) is 9.51. The summed E-state index contributed by atoms with van der Waals surface area (Å²) in [5.74, 6) is 0.253. The van der Waals surface area contributed by atoms with E-state index in [1.165, 1.54) is 6.42 Å². The highest BCUT2D eigenvalue weighted by Crippen LogP contribution is 2.63. The summed E-state index contributed by atoms with van der Waals surface area (Å²) in [5, 5.41) is 7.74. The van der Waals surface area contributed by atoms with Crippen LogP contribution in [0.5, 0.6) is 0 Å². The molecule has 1 aromatic rings. The van der Waals surface area contributed by atoms with E-state index in [1.54, 1.807) is 24.3 Å². The van der Waals surface area contributed by atoms with Crippen LogP contribution in [-0.2, 0) is 4.79 Å².